The average molecular weight is 337 g/mol. The minimum absolute atomic E-state index is 0.184. The number of carbonyl (C=O) groups excluding carboxylic acids is 1. The third-order valence-corrected chi connectivity index (χ3v) is 5.10. The van der Waals surface area contributed by atoms with Crippen molar-refractivity contribution in [3.05, 3.63) is 24.3 Å². The largest absolute Gasteiger partial charge is 0.444 e. The van der Waals surface area contributed by atoms with E-state index in [1.807, 2.05) is 37.4 Å². The molecule has 0 aliphatic carbocycles. The van der Waals surface area contributed by atoms with Crippen molar-refractivity contribution in [2.24, 2.45) is 0 Å². The van der Waals surface area contributed by atoms with Crippen LogP contribution in [0.4, 0.5) is 10.5 Å². The first-order valence-electron chi connectivity index (χ1n) is 8.16. The number of likely N-dealkylation sites (tertiary alicyclic amines) is 1. The molecule has 0 spiro atoms. The third kappa shape index (κ3) is 5.65. The number of benzene rings is 1. The van der Waals surface area contributed by atoms with Gasteiger partial charge in [0, 0.05) is 43.0 Å². The molecule has 1 fully saturated rings. The molecule has 4 nitrogen and oxygen atoms in total. The van der Waals surface area contributed by atoms with Crippen molar-refractivity contribution in [2.75, 3.05) is 32.1 Å². The van der Waals surface area contributed by atoms with Crippen molar-refractivity contribution in [1.82, 2.24) is 4.90 Å². The minimum atomic E-state index is -0.420. The quantitative estimate of drug-likeness (QED) is 0.826. The molecule has 0 aromatic heterocycles. The fourth-order valence-corrected chi connectivity index (χ4v) is 3.62. The van der Waals surface area contributed by atoms with Crippen molar-refractivity contribution >= 4 is 23.5 Å². The van der Waals surface area contributed by atoms with Gasteiger partial charge < -0.3 is 14.5 Å². The van der Waals surface area contributed by atoms with Gasteiger partial charge in [-0.25, -0.2) is 4.79 Å². The highest BCUT2D eigenvalue weighted by molar-refractivity contribution is 8.00. The maximum Gasteiger partial charge on any atom is 0.410 e. The Bertz CT molecular complexity index is 515. The van der Waals surface area contributed by atoms with E-state index in [1.54, 1.807) is 0 Å². The Balaban J connectivity index is 1.81. The zero-order chi connectivity index (χ0) is 17.0. The van der Waals surface area contributed by atoms with E-state index >= 15 is 0 Å². The second-order valence-electron chi connectivity index (χ2n) is 7.17. The van der Waals surface area contributed by atoms with Crippen LogP contribution >= 0.6 is 11.8 Å². The lowest BCUT2D eigenvalue weighted by Gasteiger charge is -2.33. The Labute approximate surface area is 144 Å². The molecule has 1 heterocycles. The van der Waals surface area contributed by atoms with Gasteiger partial charge in [-0.05, 0) is 57.9 Å². The SMILES string of the molecule is CN(C)c1ccc(SC2CCN(C(=O)OC(C)(C)C)CC2)cc1. The summed E-state index contributed by atoms with van der Waals surface area (Å²) in [6, 6.07) is 8.66. The highest BCUT2D eigenvalue weighted by Gasteiger charge is 2.27. The van der Waals surface area contributed by atoms with Gasteiger partial charge in [0.25, 0.3) is 0 Å². The van der Waals surface area contributed by atoms with Crippen molar-refractivity contribution in [2.45, 2.75) is 49.4 Å². The van der Waals surface area contributed by atoms with Crippen molar-refractivity contribution < 1.29 is 9.53 Å². The van der Waals surface area contributed by atoms with Crippen LogP contribution in [-0.2, 0) is 4.74 Å². The summed E-state index contributed by atoms with van der Waals surface area (Å²) in [7, 11) is 4.10. The van der Waals surface area contributed by atoms with E-state index in [-0.39, 0.29) is 6.09 Å². The van der Waals surface area contributed by atoms with Crippen LogP contribution in [0.25, 0.3) is 0 Å². The van der Waals surface area contributed by atoms with Gasteiger partial charge >= 0.3 is 6.09 Å². The van der Waals surface area contributed by atoms with Crippen molar-refractivity contribution in [3.63, 3.8) is 0 Å². The smallest absolute Gasteiger partial charge is 0.410 e. The lowest BCUT2D eigenvalue weighted by Crippen LogP contribution is -2.42. The number of hydrogen-bond donors (Lipinski definition) is 0. The van der Waals surface area contributed by atoms with Crippen LogP contribution in [0.15, 0.2) is 29.2 Å². The number of anilines is 1. The first-order valence-corrected chi connectivity index (χ1v) is 9.04. The van der Waals surface area contributed by atoms with Crippen LogP contribution in [0, 0.1) is 0 Å². The van der Waals surface area contributed by atoms with Gasteiger partial charge in [0.05, 0.1) is 0 Å². The van der Waals surface area contributed by atoms with Gasteiger partial charge in [0.2, 0.25) is 0 Å². The number of ether oxygens (including phenoxy) is 1. The van der Waals surface area contributed by atoms with Crippen LogP contribution in [0.3, 0.4) is 0 Å². The fraction of sp³-hybridized carbons (Fsp3) is 0.611. The molecular formula is C18H28N2O2S. The van der Waals surface area contributed by atoms with Gasteiger partial charge in [-0.3, -0.25) is 0 Å². The summed E-state index contributed by atoms with van der Waals surface area (Å²) in [5, 5.41) is 0.568. The number of hydrogen-bond acceptors (Lipinski definition) is 4. The topological polar surface area (TPSA) is 32.8 Å². The highest BCUT2D eigenvalue weighted by Crippen LogP contribution is 2.31. The number of rotatable bonds is 3. The average Bonchev–Trinajstić information content (AvgIpc) is 2.46. The molecule has 0 unspecified atom stereocenters. The summed E-state index contributed by atoms with van der Waals surface area (Å²) in [5.74, 6) is 0. The first kappa shape index (κ1) is 18.0. The van der Waals surface area contributed by atoms with Gasteiger partial charge in [-0.1, -0.05) is 0 Å². The molecular weight excluding hydrogens is 308 g/mol. The lowest BCUT2D eigenvalue weighted by atomic mass is 10.1. The van der Waals surface area contributed by atoms with Crippen LogP contribution in [0.5, 0.6) is 0 Å². The fourth-order valence-electron chi connectivity index (χ4n) is 2.50. The second kappa shape index (κ2) is 7.47. The molecule has 1 aliphatic rings. The Morgan fingerprint density at radius 1 is 1.17 bits per heavy atom. The molecule has 128 valence electrons. The van der Waals surface area contributed by atoms with Crippen molar-refractivity contribution in [1.29, 1.82) is 0 Å². The molecule has 1 saturated heterocycles. The minimum Gasteiger partial charge on any atom is -0.444 e. The van der Waals surface area contributed by atoms with Gasteiger partial charge in [0.1, 0.15) is 5.60 Å². The molecule has 23 heavy (non-hydrogen) atoms. The van der Waals surface area contributed by atoms with E-state index < -0.39 is 5.60 Å². The van der Waals surface area contributed by atoms with Crippen LogP contribution in [0.2, 0.25) is 0 Å². The molecule has 0 saturated carbocycles. The van der Waals surface area contributed by atoms with E-state index in [0.717, 1.165) is 25.9 Å². The summed E-state index contributed by atoms with van der Waals surface area (Å²) >= 11 is 1.91. The summed E-state index contributed by atoms with van der Waals surface area (Å²) in [4.78, 5) is 17.3. The number of nitrogens with zero attached hydrogens (tertiary/aromatic N) is 2. The summed E-state index contributed by atoms with van der Waals surface area (Å²) in [5.41, 5.74) is 0.797. The number of thioether (sulfide) groups is 1. The van der Waals surface area contributed by atoms with E-state index in [4.69, 9.17) is 4.74 Å². The monoisotopic (exact) mass is 336 g/mol. The summed E-state index contributed by atoms with van der Waals surface area (Å²) in [6.45, 7) is 7.28. The standard InChI is InChI=1S/C18H28N2O2S/c1-18(2,3)22-17(21)20-12-10-16(11-13-20)23-15-8-6-14(7-9-15)19(4)5/h6-9,16H,10-13H2,1-5H3. The third-order valence-electron chi connectivity index (χ3n) is 3.75. The molecule has 1 amide bonds. The van der Waals surface area contributed by atoms with Gasteiger partial charge in [-0.2, -0.15) is 0 Å². The zero-order valence-electron chi connectivity index (χ0n) is 14.8. The molecule has 1 aliphatic heterocycles. The maximum absolute atomic E-state index is 12.1. The Hall–Kier alpha value is -1.36. The van der Waals surface area contributed by atoms with E-state index in [1.165, 1.54) is 10.6 Å². The molecule has 0 radical (unpaired) electrons. The van der Waals surface area contributed by atoms with Crippen LogP contribution < -0.4 is 4.90 Å². The summed E-state index contributed by atoms with van der Waals surface area (Å²) < 4.78 is 5.44. The molecule has 1 aromatic rings. The van der Waals surface area contributed by atoms with Gasteiger partial charge in [-0.15, -0.1) is 11.8 Å². The number of amides is 1. The van der Waals surface area contributed by atoms with Gasteiger partial charge in [0.15, 0.2) is 0 Å². The number of piperidine rings is 1. The Morgan fingerprint density at radius 3 is 2.22 bits per heavy atom. The number of carbonyl (C=O) groups is 1. The predicted octanol–water partition coefficient (Wildman–Crippen LogP) is 4.24. The Morgan fingerprint density at radius 2 is 1.74 bits per heavy atom. The second-order valence-corrected chi connectivity index (χ2v) is 8.55. The van der Waals surface area contributed by atoms with E-state index in [2.05, 4.69) is 43.3 Å². The first-order chi connectivity index (χ1) is 10.7. The van der Waals surface area contributed by atoms with Crippen LogP contribution in [0.1, 0.15) is 33.6 Å². The zero-order valence-corrected chi connectivity index (χ0v) is 15.7. The molecule has 2 rings (SSSR count). The normalized spacial score (nSPS) is 16.3. The molecule has 0 atom stereocenters. The Kier molecular flexibility index (Phi) is 5.84. The lowest BCUT2D eigenvalue weighted by molar-refractivity contribution is 0.0219. The van der Waals surface area contributed by atoms with Crippen molar-refractivity contribution in [3.8, 4) is 0 Å². The molecule has 0 bridgehead atoms. The molecule has 5 heteroatoms. The van der Waals surface area contributed by atoms with E-state index in [0.29, 0.717) is 5.25 Å². The summed E-state index contributed by atoms with van der Waals surface area (Å²) in [6.07, 6.45) is 1.84. The predicted molar refractivity (Wildman–Crippen MR) is 97.5 cm³/mol. The highest BCUT2D eigenvalue weighted by atomic mass is 32.2. The molecule has 1 aromatic carbocycles. The van der Waals surface area contributed by atoms with Crippen LogP contribution in [-0.4, -0.2) is 49.0 Å². The molecule has 0 N–H and O–H groups in total. The maximum atomic E-state index is 12.1. The van der Waals surface area contributed by atoms with E-state index in [9.17, 15) is 4.79 Å².